The smallest absolute Gasteiger partial charge is 0.672 e. The van der Waals surface area contributed by atoms with Gasteiger partial charge in [-0.25, -0.2) is 0 Å². The molecule has 0 heterocycles. The number of carbonyl (C=O) groups excluding carboxylic acids is 1. The van der Waals surface area contributed by atoms with E-state index < -0.39 is 15.1 Å². The molecule has 0 radical (unpaired) electrons. The number of carbonyl (C=O) groups is 1. The van der Waals surface area contributed by atoms with Gasteiger partial charge in [0.05, 0.1) is 0 Å². The summed E-state index contributed by atoms with van der Waals surface area (Å²) in [6.45, 7) is 0.972. The van der Waals surface area contributed by atoms with Crippen LogP contribution in [0.5, 0.6) is 0 Å². The van der Waals surface area contributed by atoms with Crippen molar-refractivity contribution in [1.82, 2.24) is 0 Å². The Labute approximate surface area is 143 Å². The molecule has 0 unspecified atom stereocenters. The largest absolute Gasteiger partial charge is 2.00 e. The summed E-state index contributed by atoms with van der Waals surface area (Å²) < 4.78 is 8.52. The van der Waals surface area contributed by atoms with Crippen LogP contribution in [0.25, 0.3) is 0 Å². The second-order valence-corrected chi connectivity index (χ2v) is 1.24. The first-order valence-electron chi connectivity index (χ1n) is 1.52. The zero-order chi connectivity index (χ0) is 7.15. The van der Waals surface area contributed by atoms with Gasteiger partial charge in [0.1, 0.15) is 0 Å². The van der Waals surface area contributed by atoms with E-state index in [4.69, 9.17) is 24.0 Å². The van der Waals surface area contributed by atoms with Crippen molar-refractivity contribution in [1.29, 1.82) is 0 Å². The van der Waals surface area contributed by atoms with Gasteiger partial charge in [-0.2, -0.15) is 0 Å². The average molecular weight is 312 g/mol. The summed E-state index contributed by atoms with van der Waals surface area (Å²) in [5, 5.41) is 8.89. The molecule has 0 spiro atoms. The summed E-state index contributed by atoms with van der Waals surface area (Å²) in [4.78, 5) is 25.9. The topological polar surface area (TPSA) is 103 Å². The quantitative estimate of drug-likeness (QED) is 0.413. The minimum absolute atomic E-state index is 0. The normalized spacial score (nSPS) is 4.90. The van der Waals surface area contributed by atoms with Crippen molar-refractivity contribution in [2.75, 3.05) is 0 Å². The maximum atomic E-state index is 8.89. The molecule has 0 N–H and O–H groups in total. The standard InChI is InChI=1S/C2H4O2.Ba.K.O3Si/c1-2(3)4;;;1-4(2)3/h1H3,(H,3,4);;;/q;+2;+1;-2/p-1. The van der Waals surface area contributed by atoms with E-state index in [2.05, 4.69) is 0 Å². The SMILES string of the molecule is CC(=O)[O-].O=[Si]([O-])[O-].[Ba+2].[K+]. The van der Waals surface area contributed by atoms with Crippen LogP contribution in [0.3, 0.4) is 0 Å². The Balaban J connectivity index is -0.0000000300. The summed E-state index contributed by atoms with van der Waals surface area (Å²) >= 11 is 0. The van der Waals surface area contributed by atoms with Gasteiger partial charge >= 0.3 is 100 Å². The van der Waals surface area contributed by atoms with E-state index in [1.807, 2.05) is 0 Å². The summed E-state index contributed by atoms with van der Waals surface area (Å²) in [5.74, 6) is -1.08. The van der Waals surface area contributed by atoms with Gasteiger partial charge < -0.3 is 24.0 Å². The van der Waals surface area contributed by atoms with Crippen LogP contribution < -0.4 is 66.1 Å². The van der Waals surface area contributed by atoms with E-state index in [0.717, 1.165) is 6.92 Å². The van der Waals surface area contributed by atoms with Crippen molar-refractivity contribution >= 4 is 64.0 Å². The predicted octanol–water partition coefficient (Wildman–Crippen LogP) is -7.50. The molecule has 10 heavy (non-hydrogen) atoms. The number of hydrogen-bond acceptors (Lipinski definition) is 5. The number of aliphatic carboxylic acids is 1. The van der Waals surface area contributed by atoms with Gasteiger partial charge in [-0.05, 0) is 6.92 Å². The number of carboxylic acids is 1. The van der Waals surface area contributed by atoms with Gasteiger partial charge in [0.2, 0.25) is 0 Å². The van der Waals surface area contributed by atoms with Gasteiger partial charge in [-0.1, -0.05) is 0 Å². The molecule has 0 amide bonds. The molecule has 0 atom stereocenters. The van der Waals surface area contributed by atoms with Crippen LogP contribution in [0.1, 0.15) is 6.92 Å². The molecule has 0 bridgehead atoms. The molecule has 5 nitrogen and oxygen atoms in total. The minimum atomic E-state index is -3.63. The zero-order valence-corrected chi connectivity index (χ0v) is 14.3. The van der Waals surface area contributed by atoms with E-state index in [1.54, 1.807) is 0 Å². The van der Waals surface area contributed by atoms with Crippen molar-refractivity contribution in [3.63, 3.8) is 0 Å². The molecular formula is C2H3BaKO5Si. The third-order valence-electron chi connectivity index (χ3n) is 0. The van der Waals surface area contributed by atoms with Crippen LogP contribution in [0.2, 0.25) is 0 Å². The molecule has 0 aliphatic rings. The van der Waals surface area contributed by atoms with Crippen LogP contribution in [0.15, 0.2) is 0 Å². The summed E-state index contributed by atoms with van der Waals surface area (Å²) in [5.41, 5.74) is 0. The molecule has 0 aromatic heterocycles. The Morgan fingerprint density at radius 3 is 1.40 bits per heavy atom. The molecule has 0 aliphatic heterocycles. The molecule has 0 aliphatic carbocycles. The van der Waals surface area contributed by atoms with Gasteiger partial charge in [0.15, 0.2) is 0 Å². The molecule has 0 saturated carbocycles. The average Bonchev–Trinajstić information content (AvgIpc) is 1.25. The fourth-order valence-electron chi connectivity index (χ4n) is 0. The first kappa shape index (κ1) is 22.8. The van der Waals surface area contributed by atoms with Crippen molar-refractivity contribution in [2.45, 2.75) is 6.92 Å². The van der Waals surface area contributed by atoms with Crippen LogP contribution in [-0.4, -0.2) is 64.0 Å². The number of carboxylic acid groups (broad SMARTS) is 1. The molecule has 0 aromatic rings. The number of hydrogen-bond donors (Lipinski definition) is 0. The summed E-state index contributed by atoms with van der Waals surface area (Å²) in [6.07, 6.45) is 0. The van der Waals surface area contributed by atoms with Gasteiger partial charge in [0, 0.05) is 15.1 Å². The maximum absolute atomic E-state index is 8.89. The summed E-state index contributed by atoms with van der Waals surface area (Å²) in [6, 6.07) is 0. The van der Waals surface area contributed by atoms with Crippen molar-refractivity contribution in [3.05, 3.63) is 0 Å². The van der Waals surface area contributed by atoms with E-state index >= 15 is 0 Å². The maximum Gasteiger partial charge on any atom is 2.00 e. The molecular weight excluding hydrogens is 309 g/mol. The first-order valence-corrected chi connectivity index (χ1v) is 2.75. The third kappa shape index (κ3) is 169. The Bertz CT molecular complexity index is 77.6. The molecule has 0 fully saturated rings. The second-order valence-electron chi connectivity index (χ2n) is 0.742. The van der Waals surface area contributed by atoms with Crippen LogP contribution in [0.4, 0.5) is 0 Å². The second kappa shape index (κ2) is 17.4. The Morgan fingerprint density at radius 1 is 1.40 bits per heavy atom. The van der Waals surface area contributed by atoms with Gasteiger partial charge in [0.25, 0.3) is 0 Å². The molecule has 8 heteroatoms. The summed E-state index contributed by atoms with van der Waals surface area (Å²) in [7, 11) is -3.63. The first-order chi connectivity index (χ1) is 3.46. The Hall–Kier alpha value is 2.29. The van der Waals surface area contributed by atoms with Gasteiger partial charge in [-0.3, -0.25) is 0 Å². The fraction of sp³-hybridized carbons (Fsp3) is 0.500. The Morgan fingerprint density at radius 2 is 1.40 bits per heavy atom. The van der Waals surface area contributed by atoms with Crippen molar-refractivity contribution in [2.24, 2.45) is 0 Å². The monoisotopic (exact) mass is 312 g/mol. The van der Waals surface area contributed by atoms with E-state index in [1.165, 1.54) is 0 Å². The van der Waals surface area contributed by atoms with Crippen LogP contribution >= 0.6 is 0 Å². The van der Waals surface area contributed by atoms with E-state index in [9.17, 15) is 0 Å². The van der Waals surface area contributed by atoms with Gasteiger partial charge in [-0.15, -0.1) is 0 Å². The molecule has 48 valence electrons. The minimum Gasteiger partial charge on any atom is -0.672 e. The number of rotatable bonds is 0. The third-order valence-corrected chi connectivity index (χ3v) is 0. The molecule has 0 saturated heterocycles. The fourth-order valence-corrected chi connectivity index (χ4v) is 0. The van der Waals surface area contributed by atoms with E-state index in [-0.39, 0.29) is 100 Å². The van der Waals surface area contributed by atoms with E-state index in [0.29, 0.717) is 0 Å². The van der Waals surface area contributed by atoms with Crippen LogP contribution in [-0.2, 0) is 9.26 Å². The van der Waals surface area contributed by atoms with Crippen molar-refractivity contribution in [3.8, 4) is 0 Å². The molecule has 0 aromatic carbocycles. The van der Waals surface area contributed by atoms with Crippen molar-refractivity contribution < 1.29 is 75.3 Å². The zero-order valence-electron chi connectivity index (χ0n) is 5.75. The Kier molecular flexibility index (Phi) is 39.7. The van der Waals surface area contributed by atoms with Crippen LogP contribution in [0, 0.1) is 0 Å². The molecule has 0 rings (SSSR count). The predicted molar refractivity (Wildman–Crippen MR) is 22.9 cm³/mol.